The summed E-state index contributed by atoms with van der Waals surface area (Å²) >= 11 is 0. The first-order chi connectivity index (χ1) is 9.33. The van der Waals surface area contributed by atoms with Crippen LogP contribution in [0.3, 0.4) is 0 Å². The number of aromatic nitrogens is 7. The molecule has 0 radical (unpaired) electrons. The largest absolute Gasteiger partial charge is 0.349 e. The molecule has 0 aliphatic carbocycles. The average molecular weight is 256 g/mol. The lowest BCUT2D eigenvalue weighted by Crippen LogP contribution is -2.49. The Kier molecular flexibility index (Phi) is 2.05. The summed E-state index contributed by atoms with van der Waals surface area (Å²) in [5, 5.41) is 16.6. The monoisotopic (exact) mass is 256 g/mol. The number of nitrogens with zero attached hydrogens (tertiary/aromatic N) is 8. The second-order valence-electron chi connectivity index (χ2n) is 4.60. The molecule has 0 unspecified atom stereocenters. The van der Waals surface area contributed by atoms with Gasteiger partial charge in [-0.1, -0.05) is 0 Å². The first kappa shape index (κ1) is 10.4. The molecule has 0 atom stereocenters. The summed E-state index contributed by atoms with van der Waals surface area (Å²) in [6, 6.07) is 0.307. The Morgan fingerprint density at radius 3 is 2.68 bits per heavy atom. The van der Waals surface area contributed by atoms with Gasteiger partial charge in [0.05, 0.1) is 12.4 Å². The van der Waals surface area contributed by atoms with Crippen molar-refractivity contribution >= 4 is 11.5 Å². The summed E-state index contributed by atoms with van der Waals surface area (Å²) in [6.45, 7) is 3.61. The molecule has 8 heteroatoms. The average Bonchev–Trinajstić information content (AvgIpc) is 2.99. The zero-order valence-electron chi connectivity index (χ0n) is 10.4. The molecule has 4 rings (SSSR count). The highest BCUT2D eigenvalue weighted by Crippen LogP contribution is 2.27. The number of fused-ring (bicyclic) bond motifs is 1. The predicted octanol–water partition coefficient (Wildman–Crippen LogP) is 0.0855. The van der Waals surface area contributed by atoms with E-state index < -0.39 is 0 Å². The van der Waals surface area contributed by atoms with Crippen molar-refractivity contribution in [2.45, 2.75) is 13.0 Å². The summed E-state index contributed by atoms with van der Waals surface area (Å²) in [6.07, 6.45) is 7.05. The Labute approximate surface area is 108 Å². The van der Waals surface area contributed by atoms with Crippen LogP contribution in [-0.2, 0) is 0 Å². The molecular formula is C11H12N8. The summed E-state index contributed by atoms with van der Waals surface area (Å²) in [5.74, 6) is 1.73. The fraction of sp³-hybridized carbons (Fsp3) is 0.364. The molecule has 0 N–H and O–H groups in total. The summed E-state index contributed by atoms with van der Waals surface area (Å²) in [5.41, 5.74) is 0.798. The van der Waals surface area contributed by atoms with Crippen molar-refractivity contribution in [2.24, 2.45) is 0 Å². The lowest BCUT2D eigenvalue weighted by atomic mass is 10.1. The number of aryl methyl sites for hydroxylation is 1. The van der Waals surface area contributed by atoms with Gasteiger partial charge < -0.3 is 4.90 Å². The van der Waals surface area contributed by atoms with Crippen LogP contribution in [0.5, 0.6) is 0 Å². The summed E-state index contributed by atoms with van der Waals surface area (Å²) < 4.78 is 1.95. The van der Waals surface area contributed by atoms with Gasteiger partial charge in [-0.15, -0.1) is 10.2 Å². The summed E-state index contributed by atoms with van der Waals surface area (Å²) in [4.78, 5) is 8.32. The molecular weight excluding hydrogens is 244 g/mol. The van der Waals surface area contributed by atoms with E-state index in [-0.39, 0.29) is 0 Å². The smallest absolute Gasteiger partial charge is 0.203 e. The third-order valence-corrected chi connectivity index (χ3v) is 3.40. The standard InChI is InChI=1S/C11H12N8/c1-8-15-16-11-10(12-4-5-18(8)11)17-6-9(7-17)19-13-2-3-14-19/h2-5,9H,6-7H2,1H3. The van der Waals surface area contributed by atoms with Crippen molar-refractivity contribution in [3.8, 4) is 0 Å². The van der Waals surface area contributed by atoms with Gasteiger partial charge in [0.2, 0.25) is 5.65 Å². The molecule has 3 aromatic heterocycles. The van der Waals surface area contributed by atoms with Crippen LogP contribution in [0.2, 0.25) is 0 Å². The van der Waals surface area contributed by atoms with Crippen LogP contribution in [0.15, 0.2) is 24.8 Å². The zero-order valence-corrected chi connectivity index (χ0v) is 10.4. The SMILES string of the molecule is Cc1nnc2c(N3CC(n4nccn4)C3)nccn12. The highest BCUT2D eigenvalue weighted by Gasteiger charge is 2.32. The molecule has 1 aliphatic rings. The van der Waals surface area contributed by atoms with Gasteiger partial charge in [0.15, 0.2) is 5.82 Å². The van der Waals surface area contributed by atoms with Gasteiger partial charge in [0.1, 0.15) is 11.9 Å². The van der Waals surface area contributed by atoms with E-state index in [4.69, 9.17) is 0 Å². The van der Waals surface area contributed by atoms with Gasteiger partial charge in [-0.3, -0.25) is 4.40 Å². The Morgan fingerprint density at radius 1 is 1.11 bits per heavy atom. The van der Waals surface area contributed by atoms with Crippen molar-refractivity contribution in [1.82, 2.24) is 34.6 Å². The van der Waals surface area contributed by atoms with E-state index in [9.17, 15) is 0 Å². The minimum atomic E-state index is 0.307. The van der Waals surface area contributed by atoms with Crippen LogP contribution in [-0.4, -0.2) is 47.7 Å². The molecule has 96 valence electrons. The Bertz CT molecular complexity index is 709. The quantitative estimate of drug-likeness (QED) is 0.646. The first-order valence-corrected chi connectivity index (χ1v) is 6.10. The van der Waals surface area contributed by atoms with Gasteiger partial charge in [-0.25, -0.2) is 4.98 Å². The van der Waals surface area contributed by atoms with Crippen molar-refractivity contribution in [3.05, 3.63) is 30.6 Å². The molecule has 0 spiro atoms. The van der Waals surface area contributed by atoms with E-state index in [0.717, 1.165) is 30.4 Å². The summed E-state index contributed by atoms with van der Waals surface area (Å²) in [7, 11) is 0. The van der Waals surface area contributed by atoms with E-state index in [1.165, 1.54) is 0 Å². The van der Waals surface area contributed by atoms with Crippen LogP contribution in [0.4, 0.5) is 5.82 Å². The fourth-order valence-electron chi connectivity index (χ4n) is 2.34. The maximum Gasteiger partial charge on any atom is 0.203 e. The van der Waals surface area contributed by atoms with Crippen molar-refractivity contribution < 1.29 is 0 Å². The second-order valence-corrected chi connectivity index (χ2v) is 4.60. The van der Waals surface area contributed by atoms with E-state index in [1.807, 2.05) is 17.5 Å². The minimum Gasteiger partial charge on any atom is -0.349 e. The zero-order chi connectivity index (χ0) is 12.8. The van der Waals surface area contributed by atoms with E-state index in [1.54, 1.807) is 23.4 Å². The van der Waals surface area contributed by atoms with E-state index in [0.29, 0.717) is 6.04 Å². The lowest BCUT2D eigenvalue weighted by molar-refractivity contribution is 0.331. The van der Waals surface area contributed by atoms with Crippen LogP contribution in [0.25, 0.3) is 5.65 Å². The van der Waals surface area contributed by atoms with Crippen LogP contribution < -0.4 is 4.90 Å². The molecule has 4 heterocycles. The molecule has 0 saturated carbocycles. The van der Waals surface area contributed by atoms with Crippen LogP contribution >= 0.6 is 0 Å². The molecule has 19 heavy (non-hydrogen) atoms. The fourth-order valence-corrected chi connectivity index (χ4v) is 2.34. The maximum absolute atomic E-state index is 4.41. The molecule has 1 aliphatic heterocycles. The van der Waals surface area contributed by atoms with Crippen LogP contribution in [0.1, 0.15) is 11.9 Å². The molecule has 1 fully saturated rings. The number of hydrogen-bond acceptors (Lipinski definition) is 6. The Balaban J connectivity index is 1.63. The Hall–Kier alpha value is -2.51. The van der Waals surface area contributed by atoms with Crippen molar-refractivity contribution in [1.29, 1.82) is 0 Å². The third-order valence-electron chi connectivity index (χ3n) is 3.40. The number of rotatable bonds is 2. The van der Waals surface area contributed by atoms with Gasteiger partial charge in [0.25, 0.3) is 0 Å². The van der Waals surface area contributed by atoms with Gasteiger partial charge in [-0.2, -0.15) is 15.0 Å². The molecule has 0 amide bonds. The Morgan fingerprint density at radius 2 is 1.89 bits per heavy atom. The third kappa shape index (κ3) is 1.49. The second kappa shape index (κ2) is 3.74. The normalized spacial score (nSPS) is 15.9. The van der Waals surface area contributed by atoms with Gasteiger partial charge >= 0.3 is 0 Å². The maximum atomic E-state index is 4.41. The topological polar surface area (TPSA) is 77.0 Å². The number of anilines is 1. The van der Waals surface area contributed by atoms with Crippen LogP contribution in [0, 0.1) is 6.92 Å². The number of hydrogen-bond donors (Lipinski definition) is 0. The molecule has 0 bridgehead atoms. The molecule has 8 nitrogen and oxygen atoms in total. The highest BCUT2D eigenvalue weighted by molar-refractivity contribution is 5.65. The molecule has 3 aromatic rings. The van der Waals surface area contributed by atoms with Gasteiger partial charge in [-0.05, 0) is 6.92 Å². The van der Waals surface area contributed by atoms with E-state index in [2.05, 4.69) is 30.3 Å². The van der Waals surface area contributed by atoms with Gasteiger partial charge in [0, 0.05) is 25.5 Å². The molecule has 1 saturated heterocycles. The lowest BCUT2D eigenvalue weighted by Gasteiger charge is -2.38. The van der Waals surface area contributed by atoms with Crippen molar-refractivity contribution in [2.75, 3.05) is 18.0 Å². The predicted molar refractivity (Wildman–Crippen MR) is 66.8 cm³/mol. The van der Waals surface area contributed by atoms with Crippen molar-refractivity contribution in [3.63, 3.8) is 0 Å². The minimum absolute atomic E-state index is 0.307. The molecule has 0 aromatic carbocycles. The first-order valence-electron chi connectivity index (χ1n) is 6.10. The van der Waals surface area contributed by atoms with E-state index >= 15 is 0 Å². The highest BCUT2D eigenvalue weighted by atomic mass is 15.5.